The summed E-state index contributed by atoms with van der Waals surface area (Å²) in [6.45, 7) is 3.78. The highest BCUT2D eigenvalue weighted by Gasteiger charge is 2.15. The molecule has 1 aromatic carbocycles. The number of nitrogens with zero attached hydrogens (tertiary/aromatic N) is 1. The smallest absolute Gasteiger partial charge is 0.263 e. The average Bonchev–Trinajstić information content (AvgIpc) is 2.75. The van der Waals surface area contributed by atoms with E-state index < -0.39 is 10.0 Å². The van der Waals surface area contributed by atoms with E-state index in [0.29, 0.717) is 5.76 Å². The van der Waals surface area contributed by atoms with Gasteiger partial charge in [0.15, 0.2) is 5.82 Å². The Bertz CT molecular complexity index is 645. The molecule has 0 saturated heterocycles. The molecule has 19 heavy (non-hydrogen) atoms. The molecule has 0 amide bonds. The van der Waals surface area contributed by atoms with Crippen molar-refractivity contribution in [3.63, 3.8) is 0 Å². The van der Waals surface area contributed by atoms with E-state index in [1.807, 2.05) is 12.1 Å². The number of hydrogen-bond donors (Lipinski definition) is 1. The zero-order chi connectivity index (χ0) is 13.9. The van der Waals surface area contributed by atoms with Gasteiger partial charge in [0.05, 0.1) is 4.90 Å². The number of aryl methyl sites for hydroxylation is 2. The van der Waals surface area contributed by atoms with E-state index >= 15 is 0 Å². The van der Waals surface area contributed by atoms with Crippen molar-refractivity contribution in [2.24, 2.45) is 0 Å². The molecule has 0 aliphatic carbocycles. The van der Waals surface area contributed by atoms with Crippen molar-refractivity contribution in [1.82, 2.24) is 5.16 Å². The first-order valence-electron chi connectivity index (χ1n) is 6.06. The lowest BCUT2D eigenvalue weighted by Crippen LogP contribution is -2.13. The van der Waals surface area contributed by atoms with Crippen molar-refractivity contribution in [2.75, 3.05) is 4.72 Å². The maximum absolute atomic E-state index is 12.1. The fourth-order valence-electron chi connectivity index (χ4n) is 1.74. The Morgan fingerprint density at radius 3 is 2.47 bits per heavy atom. The molecule has 5 nitrogen and oxygen atoms in total. The highest BCUT2D eigenvalue weighted by Crippen LogP contribution is 2.16. The van der Waals surface area contributed by atoms with E-state index in [-0.39, 0.29) is 10.7 Å². The van der Waals surface area contributed by atoms with Gasteiger partial charge in [-0.25, -0.2) is 8.42 Å². The van der Waals surface area contributed by atoms with Gasteiger partial charge in [-0.2, -0.15) is 0 Å². The molecule has 0 bridgehead atoms. The monoisotopic (exact) mass is 280 g/mol. The van der Waals surface area contributed by atoms with Gasteiger partial charge in [0.2, 0.25) is 0 Å². The first kappa shape index (κ1) is 13.6. The van der Waals surface area contributed by atoms with Crippen LogP contribution in [0.5, 0.6) is 0 Å². The summed E-state index contributed by atoms with van der Waals surface area (Å²) < 4.78 is 31.4. The van der Waals surface area contributed by atoms with Gasteiger partial charge in [0.25, 0.3) is 10.0 Å². The summed E-state index contributed by atoms with van der Waals surface area (Å²) in [6.07, 6.45) is 1.97. The van der Waals surface area contributed by atoms with E-state index in [2.05, 4.69) is 16.8 Å². The predicted octanol–water partition coefficient (Wildman–Crippen LogP) is 2.74. The minimum absolute atomic E-state index is 0.190. The lowest BCUT2D eigenvalue weighted by molar-refractivity contribution is 0.400. The highest BCUT2D eigenvalue weighted by molar-refractivity contribution is 7.92. The zero-order valence-electron chi connectivity index (χ0n) is 10.9. The largest absolute Gasteiger partial charge is 0.360 e. The molecule has 0 saturated carbocycles. The number of benzene rings is 1. The maximum atomic E-state index is 12.1. The second-order valence-electron chi connectivity index (χ2n) is 4.32. The topological polar surface area (TPSA) is 72.2 Å². The summed E-state index contributed by atoms with van der Waals surface area (Å²) in [6, 6.07) is 8.38. The lowest BCUT2D eigenvalue weighted by atomic mass is 10.1. The third-order valence-electron chi connectivity index (χ3n) is 2.64. The molecule has 6 heteroatoms. The minimum atomic E-state index is -3.60. The summed E-state index contributed by atoms with van der Waals surface area (Å²) in [5.41, 5.74) is 1.12. The molecule has 0 unspecified atom stereocenters. The molecule has 1 aromatic heterocycles. The second kappa shape index (κ2) is 5.44. The molecule has 2 rings (SSSR count). The van der Waals surface area contributed by atoms with Crippen molar-refractivity contribution >= 4 is 15.8 Å². The Morgan fingerprint density at radius 2 is 1.95 bits per heavy atom. The van der Waals surface area contributed by atoms with Gasteiger partial charge >= 0.3 is 0 Å². The van der Waals surface area contributed by atoms with Gasteiger partial charge in [0.1, 0.15) is 5.76 Å². The average molecular weight is 280 g/mol. The van der Waals surface area contributed by atoms with Crippen LogP contribution >= 0.6 is 0 Å². The number of aromatic nitrogens is 1. The standard InChI is InChI=1S/C13H16N2O3S/c1-3-4-11-5-7-12(8-6-11)19(16,17)15-13-9-10(2)18-14-13/h5-9H,3-4H2,1-2H3,(H,14,15). The minimum Gasteiger partial charge on any atom is -0.360 e. The first-order valence-corrected chi connectivity index (χ1v) is 7.54. The summed E-state index contributed by atoms with van der Waals surface area (Å²) in [4.78, 5) is 0.216. The van der Waals surface area contributed by atoms with Crippen molar-refractivity contribution in [3.05, 3.63) is 41.7 Å². The molecular weight excluding hydrogens is 264 g/mol. The molecule has 1 N–H and O–H groups in total. The van der Waals surface area contributed by atoms with E-state index in [1.165, 1.54) is 6.07 Å². The summed E-state index contributed by atoms with van der Waals surface area (Å²) in [5, 5.41) is 3.61. The zero-order valence-corrected chi connectivity index (χ0v) is 11.7. The van der Waals surface area contributed by atoms with Gasteiger partial charge in [-0.15, -0.1) is 0 Å². The third-order valence-corrected chi connectivity index (χ3v) is 4.01. The number of nitrogens with one attached hydrogen (secondary N) is 1. The van der Waals surface area contributed by atoms with Gasteiger partial charge in [-0.1, -0.05) is 30.6 Å². The highest BCUT2D eigenvalue weighted by atomic mass is 32.2. The van der Waals surface area contributed by atoms with Gasteiger partial charge < -0.3 is 4.52 Å². The van der Waals surface area contributed by atoms with E-state index in [4.69, 9.17) is 4.52 Å². The molecule has 0 aliphatic heterocycles. The first-order chi connectivity index (χ1) is 9.01. The molecule has 0 atom stereocenters. The van der Waals surface area contributed by atoms with Crippen LogP contribution in [0.1, 0.15) is 24.7 Å². The molecule has 0 fully saturated rings. The SMILES string of the molecule is CCCc1ccc(S(=O)(=O)Nc2cc(C)on2)cc1. The van der Waals surface area contributed by atoms with Crippen LogP contribution in [0.3, 0.4) is 0 Å². The predicted molar refractivity (Wildman–Crippen MR) is 72.5 cm³/mol. The molecular formula is C13H16N2O3S. The van der Waals surface area contributed by atoms with Crippen LogP contribution in [0, 0.1) is 6.92 Å². The van der Waals surface area contributed by atoms with Crippen LogP contribution in [0.25, 0.3) is 0 Å². The van der Waals surface area contributed by atoms with Crippen molar-refractivity contribution in [3.8, 4) is 0 Å². The molecule has 2 aromatic rings. The third kappa shape index (κ3) is 3.35. The molecule has 0 radical (unpaired) electrons. The fraction of sp³-hybridized carbons (Fsp3) is 0.308. The number of hydrogen-bond acceptors (Lipinski definition) is 4. The van der Waals surface area contributed by atoms with Crippen LogP contribution in [0.4, 0.5) is 5.82 Å². The maximum Gasteiger partial charge on any atom is 0.263 e. The summed E-state index contributed by atoms with van der Waals surface area (Å²) in [5.74, 6) is 0.742. The normalized spacial score (nSPS) is 11.5. The number of anilines is 1. The molecule has 0 spiro atoms. The Balaban J connectivity index is 2.19. The van der Waals surface area contributed by atoms with Crippen molar-refractivity contribution < 1.29 is 12.9 Å². The van der Waals surface area contributed by atoms with Crippen molar-refractivity contribution in [2.45, 2.75) is 31.6 Å². The van der Waals surface area contributed by atoms with Gasteiger partial charge in [-0.3, -0.25) is 4.72 Å². The molecule has 0 aliphatic rings. The van der Waals surface area contributed by atoms with E-state index in [0.717, 1.165) is 18.4 Å². The second-order valence-corrected chi connectivity index (χ2v) is 6.00. The number of rotatable bonds is 5. The van der Waals surface area contributed by atoms with Crippen LogP contribution in [-0.4, -0.2) is 13.6 Å². The van der Waals surface area contributed by atoms with E-state index in [9.17, 15) is 8.42 Å². The summed E-state index contributed by atoms with van der Waals surface area (Å²) >= 11 is 0. The van der Waals surface area contributed by atoms with E-state index in [1.54, 1.807) is 19.1 Å². The molecule has 1 heterocycles. The quantitative estimate of drug-likeness (QED) is 0.914. The fourth-order valence-corrected chi connectivity index (χ4v) is 2.72. The van der Waals surface area contributed by atoms with Crippen LogP contribution < -0.4 is 4.72 Å². The Labute approximate surface area is 112 Å². The van der Waals surface area contributed by atoms with Crippen LogP contribution in [-0.2, 0) is 16.4 Å². The lowest BCUT2D eigenvalue weighted by Gasteiger charge is -2.05. The Hall–Kier alpha value is -1.82. The van der Waals surface area contributed by atoms with Gasteiger partial charge in [-0.05, 0) is 31.0 Å². The van der Waals surface area contributed by atoms with Crippen LogP contribution in [0.2, 0.25) is 0 Å². The number of sulfonamides is 1. The van der Waals surface area contributed by atoms with Gasteiger partial charge in [0, 0.05) is 6.07 Å². The molecule has 102 valence electrons. The Morgan fingerprint density at radius 1 is 1.26 bits per heavy atom. The van der Waals surface area contributed by atoms with Crippen molar-refractivity contribution in [1.29, 1.82) is 0 Å². The Kier molecular flexibility index (Phi) is 3.90. The summed E-state index contributed by atoms with van der Waals surface area (Å²) in [7, 11) is -3.60. The van der Waals surface area contributed by atoms with Crippen LogP contribution in [0.15, 0.2) is 39.8 Å².